The molecule has 8 heteroatoms. The summed E-state index contributed by atoms with van der Waals surface area (Å²) in [6.07, 6.45) is 1.44. The normalized spacial score (nSPS) is 11.1. The fraction of sp³-hybridized carbons (Fsp3) is 0.182. The zero-order chi connectivity index (χ0) is 21.6. The monoisotopic (exact) mass is 403 g/mol. The first-order valence-corrected chi connectivity index (χ1v) is 9.41. The van der Waals surface area contributed by atoms with Crippen molar-refractivity contribution in [3.63, 3.8) is 0 Å². The van der Waals surface area contributed by atoms with E-state index in [-0.39, 0.29) is 16.9 Å². The van der Waals surface area contributed by atoms with Gasteiger partial charge in [-0.15, -0.1) is 0 Å². The van der Waals surface area contributed by atoms with E-state index in [0.29, 0.717) is 11.3 Å². The summed E-state index contributed by atoms with van der Waals surface area (Å²) < 4.78 is 4.33. The lowest BCUT2D eigenvalue weighted by atomic mass is 10.2. The minimum Gasteiger partial charge on any atom is -0.321 e. The van der Waals surface area contributed by atoms with Gasteiger partial charge in [0.2, 0.25) is 0 Å². The Labute approximate surface area is 172 Å². The lowest BCUT2D eigenvalue weighted by Gasteiger charge is -2.11. The van der Waals surface area contributed by atoms with Crippen molar-refractivity contribution in [2.75, 3.05) is 5.32 Å². The third kappa shape index (κ3) is 3.02. The lowest BCUT2D eigenvalue weighted by molar-refractivity contribution is 0.102. The molecule has 1 amide bonds. The topological polar surface area (TPSA) is 90.9 Å². The molecule has 152 valence electrons. The van der Waals surface area contributed by atoms with Crippen molar-refractivity contribution in [1.82, 2.24) is 18.7 Å². The van der Waals surface area contributed by atoms with Crippen LogP contribution in [0, 0.1) is 13.8 Å². The fourth-order valence-electron chi connectivity index (χ4n) is 3.70. The van der Waals surface area contributed by atoms with E-state index < -0.39 is 11.2 Å². The van der Waals surface area contributed by atoms with Gasteiger partial charge < -0.3 is 9.88 Å². The number of nitrogens with zero attached hydrogens (tertiary/aromatic N) is 4. The predicted octanol–water partition coefficient (Wildman–Crippen LogP) is 2.29. The maximum Gasteiger partial charge on any atom is 0.332 e. The Bertz CT molecular complexity index is 1410. The molecule has 0 radical (unpaired) electrons. The van der Waals surface area contributed by atoms with Gasteiger partial charge in [0.15, 0.2) is 0 Å². The van der Waals surface area contributed by atoms with Gasteiger partial charge in [0, 0.05) is 31.2 Å². The van der Waals surface area contributed by atoms with Crippen LogP contribution in [0.4, 0.5) is 5.69 Å². The fourth-order valence-corrected chi connectivity index (χ4v) is 3.70. The Hall–Kier alpha value is -3.94. The Morgan fingerprint density at radius 1 is 1.00 bits per heavy atom. The van der Waals surface area contributed by atoms with E-state index in [1.54, 1.807) is 13.1 Å². The van der Waals surface area contributed by atoms with Gasteiger partial charge in [-0.05, 0) is 38.1 Å². The molecule has 0 fully saturated rings. The molecule has 0 aliphatic carbocycles. The van der Waals surface area contributed by atoms with Gasteiger partial charge in [0.1, 0.15) is 5.65 Å². The molecule has 3 aromatic heterocycles. The summed E-state index contributed by atoms with van der Waals surface area (Å²) in [7, 11) is 2.96. The molecule has 0 saturated carbocycles. The Morgan fingerprint density at radius 2 is 1.70 bits per heavy atom. The number of para-hydroxylation sites is 1. The summed E-state index contributed by atoms with van der Waals surface area (Å²) in [6.45, 7) is 3.83. The van der Waals surface area contributed by atoms with Gasteiger partial charge in [-0.1, -0.05) is 18.2 Å². The first-order chi connectivity index (χ1) is 14.3. The first kappa shape index (κ1) is 19.4. The van der Waals surface area contributed by atoms with Crippen molar-refractivity contribution in [1.29, 1.82) is 0 Å². The zero-order valence-electron chi connectivity index (χ0n) is 17.1. The molecule has 0 aliphatic heterocycles. The van der Waals surface area contributed by atoms with Crippen LogP contribution in [0.3, 0.4) is 0 Å². The number of aromatic nitrogens is 4. The van der Waals surface area contributed by atoms with Crippen molar-refractivity contribution in [3.8, 4) is 5.69 Å². The number of aryl methyl sites for hydroxylation is 2. The minimum atomic E-state index is -0.459. The Morgan fingerprint density at radius 3 is 2.40 bits per heavy atom. The van der Waals surface area contributed by atoms with Crippen LogP contribution in [0.5, 0.6) is 0 Å². The Kier molecular flexibility index (Phi) is 4.62. The summed E-state index contributed by atoms with van der Waals surface area (Å²) in [5.41, 5.74) is 2.99. The molecule has 0 aliphatic rings. The van der Waals surface area contributed by atoms with E-state index >= 15 is 0 Å². The number of hydrogen-bond acceptors (Lipinski definition) is 4. The minimum absolute atomic E-state index is 0.257. The van der Waals surface area contributed by atoms with Gasteiger partial charge in [0.05, 0.1) is 22.8 Å². The number of carbonyl (C=O) groups is 1. The second-order valence-corrected chi connectivity index (χ2v) is 7.21. The van der Waals surface area contributed by atoms with Crippen molar-refractivity contribution in [2.24, 2.45) is 14.1 Å². The van der Waals surface area contributed by atoms with Crippen LogP contribution in [0.2, 0.25) is 0 Å². The second-order valence-electron chi connectivity index (χ2n) is 7.21. The average molecular weight is 403 g/mol. The predicted molar refractivity (Wildman–Crippen MR) is 115 cm³/mol. The largest absolute Gasteiger partial charge is 0.332 e. The molecule has 0 spiro atoms. The van der Waals surface area contributed by atoms with Crippen LogP contribution in [0.25, 0.3) is 16.7 Å². The molecule has 0 saturated heterocycles. The van der Waals surface area contributed by atoms with Gasteiger partial charge in [0.25, 0.3) is 11.5 Å². The van der Waals surface area contributed by atoms with E-state index in [4.69, 9.17) is 0 Å². The highest BCUT2D eigenvalue weighted by Gasteiger charge is 2.18. The smallest absolute Gasteiger partial charge is 0.321 e. The van der Waals surface area contributed by atoms with Crippen LogP contribution in [0.15, 0.2) is 58.3 Å². The van der Waals surface area contributed by atoms with E-state index in [9.17, 15) is 14.4 Å². The molecular formula is C22H21N5O3. The molecule has 1 aromatic carbocycles. The number of benzene rings is 1. The molecule has 0 atom stereocenters. The van der Waals surface area contributed by atoms with Crippen LogP contribution in [-0.4, -0.2) is 24.6 Å². The SMILES string of the molecule is Cc1cc(C(=O)Nc2cnc3c(c2)c(=O)n(C)c(=O)n3C)c(C)n1-c1ccccc1. The highest BCUT2D eigenvalue weighted by Crippen LogP contribution is 2.22. The van der Waals surface area contributed by atoms with Gasteiger partial charge >= 0.3 is 5.69 Å². The summed E-state index contributed by atoms with van der Waals surface area (Å²) in [5.74, 6) is -0.298. The molecule has 0 bridgehead atoms. The third-order valence-electron chi connectivity index (χ3n) is 5.24. The van der Waals surface area contributed by atoms with Crippen molar-refractivity contribution in [2.45, 2.75) is 13.8 Å². The van der Waals surface area contributed by atoms with Crippen molar-refractivity contribution >= 4 is 22.6 Å². The zero-order valence-corrected chi connectivity index (χ0v) is 17.1. The van der Waals surface area contributed by atoms with Crippen LogP contribution >= 0.6 is 0 Å². The molecular weight excluding hydrogens is 382 g/mol. The number of nitrogens with one attached hydrogen (secondary N) is 1. The standard InChI is InChI=1S/C22H21N5O3/c1-13-10-17(14(2)27(13)16-8-6-5-7-9-16)20(28)24-15-11-18-19(23-12-15)25(3)22(30)26(4)21(18)29/h5-12H,1-4H3,(H,24,28). The van der Waals surface area contributed by atoms with Gasteiger partial charge in [-0.25, -0.2) is 9.78 Å². The summed E-state index contributed by atoms with van der Waals surface area (Å²) in [5, 5.41) is 3.07. The number of rotatable bonds is 3. The van der Waals surface area contributed by atoms with E-state index in [1.807, 2.05) is 54.8 Å². The number of fused-ring (bicyclic) bond motifs is 1. The van der Waals surface area contributed by atoms with Crippen molar-refractivity contribution < 1.29 is 4.79 Å². The lowest BCUT2D eigenvalue weighted by Crippen LogP contribution is -2.37. The quantitative estimate of drug-likeness (QED) is 0.568. The highest BCUT2D eigenvalue weighted by atomic mass is 16.2. The van der Waals surface area contributed by atoms with E-state index in [0.717, 1.165) is 21.6 Å². The summed E-state index contributed by atoms with van der Waals surface area (Å²) in [6, 6.07) is 13.2. The van der Waals surface area contributed by atoms with E-state index in [1.165, 1.54) is 17.8 Å². The number of hydrogen-bond donors (Lipinski definition) is 1. The molecule has 8 nitrogen and oxygen atoms in total. The summed E-state index contributed by atoms with van der Waals surface area (Å²) in [4.78, 5) is 41.7. The number of amides is 1. The molecule has 4 rings (SSSR count). The number of pyridine rings is 1. The maximum atomic E-state index is 13.0. The molecule has 30 heavy (non-hydrogen) atoms. The molecule has 0 unspecified atom stereocenters. The summed E-state index contributed by atoms with van der Waals surface area (Å²) >= 11 is 0. The van der Waals surface area contributed by atoms with E-state index in [2.05, 4.69) is 10.3 Å². The van der Waals surface area contributed by atoms with Gasteiger partial charge in [-0.2, -0.15) is 0 Å². The average Bonchev–Trinajstić information content (AvgIpc) is 3.05. The number of anilines is 1. The Balaban J connectivity index is 1.72. The van der Waals surface area contributed by atoms with Gasteiger partial charge in [-0.3, -0.25) is 18.7 Å². The van der Waals surface area contributed by atoms with Crippen LogP contribution in [0.1, 0.15) is 21.7 Å². The maximum absolute atomic E-state index is 13.0. The third-order valence-corrected chi connectivity index (χ3v) is 5.24. The first-order valence-electron chi connectivity index (χ1n) is 9.41. The molecule has 3 heterocycles. The second kappa shape index (κ2) is 7.14. The van der Waals surface area contributed by atoms with Crippen LogP contribution in [-0.2, 0) is 14.1 Å². The molecule has 4 aromatic rings. The number of carbonyl (C=O) groups excluding carboxylic acids is 1. The molecule has 1 N–H and O–H groups in total. The van der Waals surface area contributed by atoms with Crippen molar-refractivity contribution in [3.05, 3.63) is 86.5 Å². The highest BCUT2D eigenvalue weighted by molar-refractivity contribution is 6.06. The van der Waals surface area contributed by atoms with Crippen LogP contribution < -0.4 is 16.6 Å².